The standard InChI is InChI=1S/C10H16F3N3/c1-3-16(14-8-10(11,12)13)9-4-6-15(2)7-5-9/h3,8-9H,1,4-7H2,2H3/b14-8+. The van der Waals surface area contributed by atoms with E-state index in [0.717, 1.165) is 25.9 Å². The number of alkyl halides is 3. The molecule has 0 saturated carbocycles. The Hall–Kier alpha value is -1.04. The van der Waals surface area contributed by atoms with Gasteiger partial charge in [0.1, 0.15) is 6.21 Å². The topological polar surface area (TPSA) is 18.8 Å². The first kappa shape index (κ1) is 13.0. The van der Waals surface area contributed by atoms with Crippen LogP contribution in [-0.4, -0.2) is 48.5 Å². The predicted octanol–water partition coefficient (Wildman–Crippen LogP) is 2.07. The summed E-state index contributed by atoms with van der Waals surface area (Å²) in [6, 6.07) is 0.0206. The number of likely N-dealkylation sites (tertiary alicyclic amines) is 1. The van der Waals surface area contributed by atoms with E-state index >= 15 is 0 Å². The summed E-state index contributed by atoms with van der Waals surface area (Å²) >= 11 is 0. The number of piperidine rings is 1. The van der Waals surface area contributed by atoms with Gasteiger partial charge in [-0.1, -0.05) is 6.58 Å². The minimum atomic E-state index is -4.37. The number of hydrogen-bond acceptors (Lipinski definition) is 3. The van der Waals surface area contributed by atoms with Crippen LogP contribution < -0.4 is 0 Å². The van der Waals surface area contributed by atoms with Gasteiger partial charge >= 0.3 is 6.18 Å². The molecule has 0 radical (unpaired) electrons. The Labute approximate surface area is 93.2 Å². The van der Waals surface area contributed by atoms with E-state index in [0.29, 0.717) is 0 Å². The first-order chi connectivity index (χ1) is 7.42. The maximum absolute atomic E-state index is 12.0. The molecule has 0 spiro atoms. The van der Waals surface area contributed by atoms with E-state index < -0.39 is 6.18 Å². The molecule has 1 aliphatic rings. The van der Waals surface area contributed by atoms with Crippen molar-refractivity contribution in [1.29, 1.82) is 0 Å². The largest absolute Gasteiger partial charge is 0.428 e. The summed E-state index contributed by atoms with van der Waals surface area (Å²) in [7, 11) is 1.99. The summed E-state index contributed by atoms with van der Waals surface area (Å²) in [5, 5.41) is 4.71. The number of rotatable bonds is 3. The van der Waals surface area contributed by atoms with Crippen LogP contribution in [0.15, 0.2) is 17.9 Å². The lowest BCUT2D eigenvalue weighted by Gasteiger charge is -2.33. The van der Waals surface area contributed by atoms with Gasteiger partial charge in [-0.3, -0.25) is 5.01 Å². The van der Waals surface area contributed by atoms with Gasteiger partial charge in [0.15, 0.2) is 0 Å². The van der Waals surface area contributed by atoms with Gasteiger partial charge in [-0.2, -0.15) is 18.3 Å². The third kappa shape index (κ3) is 4.22. The van der Waals surface area contributed by atoms with Crippen molar-refractivity contribution < 1.29 is 13.2 Å². The van der Waals surface area contributed by atoms with E-state index in [1.54, 1.807) is 0 Å². The lowest BCUT2D eigenvalue weighted by Crippen LogP contribution is -2.39. The molecule has 0 aromatic rings. The van der Waals surface area contributed by atoms with Gasteiger partial charge in [-0.15, -0.1) is 0 Å². The molecule has 0 aliphatic carbocycles. The smallest absolute Gasteiger partial charge is 0.306 e. The van der Waals surface area contributed by atoms with Gasteiger partial charge in [0, 0.05) is 6.20 Å². The van der Waals surface area contributed by atoms with Crippen molar-refractivity contribution in [2.24, 2.45) is 5.10 Å². The Kier molecular flexibility index (Phi) is 4.35. The number of halogens is 3. The molecule has 0 amide bonds. The van der Waals surface area contributed by atoms with Crippen molar-refractivity contribution in [3.05, 3.63) is 12.8 Å². The third-order valence-electron chi connectivity index (χ3n) is 2.59. The molecule has 0 atom stereocenters. The molecule has 0 bridgehead atoms. The summed E-state index contributed by atoms with van der Waals surface area (Å²) in [5.41, 5.74) is 0. The van der Waals surface area contributed by atoms with Crippen LogP contribution in [0.1, 0.15) is 12.8 Å². The Morgan fingerprint density at radius 3 is 2.38 bits per heavy atom. The fourth-order valence-corrected chi connectivity index (χ4v) is 1.68. The molecule has 92 valence electrons. The quantitative estimate of drug-likeness (QED) is 0.551. The average molecular weight is 235 g/mol. The Balaban J connectivity index is 2.54. The minimum Gasteiger partial charge on any atom is -0.306 e. The first-order valence-electron chi connectivity index (χ1n) is 5.13. The molecule has 3 nitrogen and oxygen atoms in total. The van der Waals surface area contributed by atoms with Crippen LogP contribution in [0.2, 0.25) is 0 Å². The van der Waals surface area contributed by atoms with Gasteiger partial charge in [-0.05, 0) is 33.0 Å². The van der Waals surface area contributed by atoms with Crippen LogP contribution in [0.25, 0.3) is 0 Å². The SMILES string of the molecule is C=CN(/N=C/C(F)(F)F)C1CCN(C)CC1. The van der Waals surface area contributed by atoms with E-state index in [2.05, 4.69) is 16.6 Å². The van der Waals surface area contributed by atoms with E-state index in [4.69, 9.17) is 0 Å². The van der Waals surface area contributed by atoms with Gasteiger partial charge in [0.05, 0.1) is 6.04 Å². The van der Waals surface area contributed by atoms with Crippen molar-refractivity contribution in [3.63, 3.8) is 0 Å². The fourth-order valence-electron chi connectivity index (χ4n) is 1.68. The molecule has 1 rings (SSSR count). The number of hydrazone groups is 1. The van der Waals surface area contributed by atoms with E-state index in [-0.39, 0.29) is 12.3 Å². The predicted molar refractivity (Wildman–Crippen MR) is 57.1 cm³/mol. The highest BCUT2D eigenvalue weighted by Gasteiger charge is 2.26. The minimum absolute atomic E-state index is 0.00694. The molecule has 0 N–H and O–H groups in total. The van der Waals surface area contributed by atoms with Crippen LogP contribution in [0, 0.1) is 0 Å². The molecule has 0 aromatic heterocycles. The van der Waals surface area contributed by atoms with Crippen LogP contribution >= 0.6 is 0 Å². The van der Waals surface area contributed by atoms with Crippen LogP contribution in [0.4, 0.5) is 13.2 Å². The lowest BCUT2D eigenvalue weighted by atomic mass is 10.1. The highest BCUT2D eigenvalue weighted by Crippen LogP contribution is 2.17. The van der Waals surface area contributed by atoms with Gasteiger partial charge in [0.2, 0.25) is 0 Å². The zero-order valence-corrected chi connectivity index (χ0v) is 9.24. The van der Waals surface area contributed by atoms with Crippen molar-refractivity contribution in [1.82, 2.24) is 9.91 Å². The van der Waals surface area contributed by atoms with E-state index in [1.165, 1.54) is 11.2 Å². The van der Waals surface area contributed by atoms with E-state index in [9.17, 15) is 13.2 Å². The highest BCUT2D eigenvalue weighted by molar-refractivity contribution is 5.63. The van der Waals surface area contributed by atoms with Crippen molar-refractivity contribution in [2.75, 3.05) is 20.1 Å². The lowest BCUT2D eigenvalue weighted by molar-refractivity contribution is -0.0549. The summed E-state index contributed by atoms with van der Waals surface area (Å²) in [6.45, 7) is 5.23. The molecule has 1 heterocycles. The van der Waals surface area contributed by atoms with Gasteiger partial charge < -0.3 is 4.90 Å². The Morgan fingerprint density at radius 1 is 1.38 bits per heavy atom. The molecule has 0 aromatic carbocycles. The monoisotopic (exact) mass is 235 g/mol. The first-order valence-corrected chi connectivity index (χ1v) is 5.13. The second kappa shape index (κ2) is 5.34. The summed E-state index contributed by atoms with van der Waals surface area (Å²) < 4.78 is 35.9. The van der Waals surface area contributed by atoms with Gasteiger partial charge in [0.25, 0.3) is 0 Å². The highest BCUT2D eigenvalue weighted by atomic mass is 19.4. The van der Waals surface area contributed by atoms with Crippen molar-refractivity contribution in [3.8, 4) is 0 Å². The Morgan fingerprint density at radius 2 is 1.94 bits per heavy atom. The third-order valence-corrected chi connectivity index (χ3v) is 2.59. The molecule has 1 fully saturated rings. The van der Waals surface area contributed by atoms with Crippen molar-refractivity contribution >= 4 is 6.21 Å². The molecule has 6 heteroatoms. The number of hydrogen-bond donors (Lipinski definition) is 0. The molecule has 1 saturated heterocycles. The Bertz CT molecular complexity index is 255. The molecule has 1 aliphatic heterocycles. The van der Waals surface area contributed by atoms with E-state index in [1.807, 2.05) is 7.05 Å². The van der Waals surface area contributed by atoms with Crippen molar-refractivity contribution in [2.45, 2.75) is 25.1 Å². The maximum atomic E-state index is 12.0. The molecule has 16 heavy (non-hydrogen) atoms. The summed E-state index contributed by atoms with van der Waals surface area (Å²) in [5.74, 6) is 0. The average Bonchev–Trinajstić information content (AvgIpc) is 2.20. The summed E-state index contributed by atoms with van der Waals surface area (Å²) in [4.78, 5) is 2.14. The molecular weight excluding hydrogens is 219 g/mol. The fraction of sp³-hybridized carbons (Fsp3) is 0.700. The second-order valence-corrected chi connectivity index (χ2v) is 3.88. The second-order valence-electron chi connectivity index (χ2n) is 3.88. The maximum Gasteiger partial charge on any atom is 0.428 e. The normalized spacial score (nSPS) is 20.2. The molecular formula is C10H16F3N3. The zero-order chi connectivity index (χ0) is 12.2. The van der Waals surface area contributed by atoms with Crippen LogP contribution in [0.5, 0.6) is 0 Å². The van der Waals surface area contributed by atoms with Crippen LogP contribution in [-0.2, 0) is 0 Å². The number of nitrogens with zero attached hydrogens (tertiary/aromatic N) is 3. The zero-order valence-electron chi connectivity index (χ0n) is 9.24. The van der Waals surface area contributed by atoms with Crippen LogP contribution in [0.3, 0.4) is 0 Å². The van der Waals surface area contributed by atoms with Gasteiger partial charge in [-0.25, -0.2) is 0 Å². The summed E-state index contributed by atoms with van der Waals surface area (Å²) in [6.07, 6.45) is -1.41. The molecule has 0 unspecified atom stereocenters.